The summed E-state index contributed by atoms with van der Waals surface area (Å²) in [5.74, 6) is 0. The predicted octanol–water partition coefficient (Wildman–Crippen LogP) is 3.17. The average molecular weight is 222 g/mol. The number of rotatable bonds is 5. The maximum Gasteiger partial charge on any atom is 0.184 e. The number of hydrogen-bond donors (Lipinski definition) is 0. The quantitative estimate of drug-likeness (QED) is 0.565. The molecule has 0 aromatic heterocycles. The van der Waals surface area contributed by atoms with Crippen molar-refractivity contribution < 1.29 is 9.22 Å². The van der Waals surface area contributed by atoms with Gasteiger partial charge < -0.3 is 9.22 Å². The van der Waals surface area contributed by atoms with Crippen LogP contribution in [-0.4, -0.2) is 14.6 Å². The minimum absolute atomic E-state index is 0.0737. The highest BCUT2D eigenvalue weighted by Gasteiger charge is 2.21. The molecule has 0 aliphatic rings. The van der Waals surface area contributed by atoms with Crippen molar-refractivity contribution in [1.82, 2.24) is 0 Å². The van der Waals surface area contributed by atoms with Crippen LogP contribution in [0.2, 0.25) is 19.6 Å². The summed E-state index contributed by atoms with van der Waals surface area (Å²) in [4.78, 5) is 10.6. The lowest BCUT2D eigenvalue weighted by atomic mass is 10.1. The van der Waals surface area contributed by atoms with Crippen LogP contribution in [0.15, 0.2) is 30.3 Å². The number of carbonyl (C=O) groups excluding carboxylic acids is 1. The molecule has 0 bridgehead atoms. The van der Waals surface area contributed by atoms with Gasteiger partial charge in [0.05, 0.1) is 6.10 Å². The highest BCUT2D eigenvalue weighted by molar-refractivity contribution is 6.69. The van der Waals surface area contributed by atoms with Crippen molar-refractivity contribution >= 4 is 14.6 Å². The maximum absolute atomic E-state index is 10.6. The molecule has 0 radical (unpaired) electrons. The Morgan fingerprint density at radius 3 is 2.33 bits per heavy atom. The first-order valence-electron chi connectivity index (χ1n) is 5.19. The third kappa shape index (κ3) is 4.40. The van der Waals surface area contributed by atoms with E-state index in [1.54, 1.807) is 0 Å². The van der Waals surface area contributed by atoms with Crippen LogP contribution in [0.3, 0.4) is 0 Å². The van der Waals surface area contributed by atoms with Gasteiger partial charge in [-0.15, -0.1) is 0 Å². The van der Waals surface area contributed by atoms with Crippen LogP contribution in [0.4, 0.5) is 0 Å². The fourth-order valence-corrected chi connectivity index (χ4v) is 2.52. The van der Waals surface area contributed by atoms with Crippen LogP contribution in [0, 0.1) is 0 Å². The van der Waals surface area contributed by atoms with E-state index in [4.69, 9.17) is 4.43 Å². The Labute approximate surface area is 92.4 Å². The van der Waals surface area contributed by atoms with E-state index < -0.39 is 8.32 Å². The first kappa shape index (κ1) is 12.1. The second kappa shape index (κ2) is 5.23. The van der Waals surface area contributed by atoms with Crippen LogP contribution in [0.25, 0.3) is 0 Å². The van der Waals surface area contributed by atoms with Gasteiger partial charge in [-0.25, -0.2) is 0 Å². The van der Waals surface area contributed by atoms with Crippen molar-refractivity contribution in [3.8, 4) is 0 Å². The molecule has 82 valence electrons. The Bertz CT molecular complexity index is 303. The number of benzene rings is 1. The van der Waals surface area contributed by atoms with Crippen molar-refractivity contribution in [1.29, 1.82) is 0 Å². The topological polar surface area (TPSA) is 26.3 Å². The third-order valence-electron chi connectivity index (χ3n) is 1.98. The minimum Gasteiger partial charge on any atom is -0.410 e. The van der Waals surface area contributed by atoms with E-state index in [2.05, 4.69) is 19.6 Å². The molecule has 0 saturated carbocycles. The lowest BCUT2D eigenvalue weighted by Crippen LogP contribution is -2.28. The largest absolute Gasteiger partial charge is 0.410 e. The molecule has 3 heteroatoms. The Hall–Kier alpha value is -0.933. The molecule has 0 N–H and O–H groups in total. The zero-order chi connectivity index (χ0) is 11.3. The van der Waals surface area contributed by atoms with Gasteiger partial charge in [0, 0.05) is 6.42 Å². The molecule has 1 rings (SSSR count). The first-order chi connectivity index (χ1) is 7.03. The monoisotopic (exact) mass is 222 g/mol. The Kier molecular flexibility index (Phi) is 4.24. The summed E-state index contributed by atoms with van der Waals surface area (Å²) in [6.07, 6.45) is 1.29. The highest BCUT2D eigenvalue weighted by atomic mass is 28.4. The van der Waals surface area contributed by atoms with Gasteiger partial charge in [-0.1, -0.05) is 30.3 Å². The van der Waals surface area contributed by atoms with Gasteiger partial charge in [0.25, 0.3) is 0 Å². The zero-order valence-corrected chi connectivity index (χ0v) is 10.6. The van der Waals surface area contributed by atoms with Crippen molar-refractivity contribution in [2.45, 2.75) is 32.2 Å². The molecule has 1 unspecified atom stereocenters. The van der Waals surface area contributed by atoms with Crippen molar-refractivity contribution in [3.63, 3.8) is 0 Å². The van der Waals surface area contributed by atoms with Crippen molar-refractivity contribution in [3.05, 3.63) is 35.9 Å². The SMILES string of the molecule is C[Si](C)(C)OC(CC=O)c1ccccc1. The van der Waals surface area contributed by atoms with Gasteiger partial charge >= 0.3 is 0 Å². The lowest BCUT2D eigenvalue weighted by Gasteiger charge is -2.25. The van der Waals surface area contributed by atoms with Gasteiger partial charge in [-0.3, -0.25) is 0 Å². The summed E-state index contributed by atoms with van der Waals surface area (Å²) < 4.78 is 5.97. The second-order valence-corrected chi connectivity index (χ2v) is 8.99. The Balaban J connectivity index is 2.79. The van der Waals surface area contributed by atoms with E-state index in [9.17, 15) is 4.79 Å². The molecule has 0 heterocycles. The molecule has 1 aromatic rings. The summed E-state index contributed by atoms with van der Waals surface area (Å²) in [5, 5.41) is 0. The molecular formula is C12H18O2Si. The molecule has 0 aliphatic carbocycles. The number of hydrogen-bond acceptors (Lipinski definition) is 2. The average Bonchev–Trinajstić information content (AvgIpc) is 2.17. The Morgan fingerprint density at radius 1 is 1.27 bits per heavy atom. The van der Waals surface area contributed by atoms with Crippen LogP contribution < -0.4 is 0 Å². The van der Waals surface area contributed by atoms with E-state index >= 15 is 0 Å². The summed E-state index contributed by atoms with van der Waals surface area (Å²) in [6, 6.07) is 9.93. The van der Waals surface area contributed by atoms with E-state index in [0.717, 1.165) is 11.8 Å². The van der Waals surface area contributed by atoms with Gasteiger partial charge in [0.1, 0.15) is 6.29 Å². The van der Waals surface area contributed by atoms with E-state index in [1.165, 1.54) is 0 Å². The number of carbonyl (C=O) groups is 1. The molecule has 0 saturated heterocycles. The van der Waals surface area contributed by atoms with Gasteiger partial charge in [0.2, 0.25) is 0 Å². The molecular weight excluding hydrogens is 204 g/mol. The van der Waals surface area contributed by atoms with E-state index in [1.807, 2.05) is 30.3 Å². The van der Waals surface area contributed by atoms with Crippen LogP contribution in [0.5, 0.6) is 0 Å². The van der Waals surface area contributed by atoms with E-state index in [0.29, 0.717) is 6.42 Å². The molecule has 0 aliphatic heterocycles. The highest BCUT2D eigenvalue weighted by Crippen LogP contribution is 2.24. The first-order valence-corrected chi connectivity index (χ1v) is 8.60. The second-order valence-electron chi connectivity index (χ2n) is 4.53. The molecule has 15 heavy (non-hydrogen) atoms. The van der Waals surface area contributed by atoms with Gasteiger partial charge in [-0.05, 0) is 25.2 Å². The predicted molar refractivity (Wildman–Crippen MR) is 64.3 cm³/mol. The van der Waals surface area contributed by atoms with Crippen molar-refractivity contribution in [2.24, 2.45) is 0 Å². The van der Waals surface area contributed by atoms with Gasteiger partial charge in [-0.2, -0.15) is 0 Å². The van der Waals surface area contributed by atoms with Crippen molar-refractivity contribution in [2.75, 3.05) is 0 Å². The summed E-state index contributed by atoms with van der Waals surface area (Å²) >= 11 is 0. The Morgan fingerprint density at radius 2 is 1.87 bits per heavy atom. The van der Waals surface area contributed by atoms with Crippen LogP contribution >= 0.6 is 0 Å². The van der Waals surface area contributed by atoms with Crippen LogP contribution in [0.1, 0.15) is 18.1 Å². The van der Waals surface area contributed by atoms with E-state index in [-0.39, 0.29) is 6.10 Å². The summed E-state index contributed by atoms with van der Waals surface area (Å²) in [7, 11) is -1.60. The smallest absolute Gasteiger partial charge is 0.184 e. The molecule has 1 aromatic carbocycles. The minimum atomic E-state index is -1.60. The number of aldehydes is 1. The van der Waals surface area contributed by atoms with Crippen LogP contribution in [-0.2, 0) is 9.22 Å². The normalized spacial score (nSPS) is 13.5. The summed E-state index contributed by atoms with van der Waals surface area (Å²) in [6.45, 7) is 6.40. The molecule has 0 spiro atoms. The zero-order valence-electron chi connectivity index (χ0n) is 9.57. The third-order valence-corrected chi connectivity index (χ3v) is 2.97. The lowest BCUT2D eigenvalue weighted by molar-refractivity contribution is -0.109. The maximum atomic E-state index is 10.6. The van der Waals surface area contributed by atoms with Gasteiger partial charge in [0.15, 0.2) is 8.32 Å². The summed E-state index contributed by atoms with van der Waals surface area (Å²) in [5.41, 5.74) is 1.09. The molecule has 0 fully saturated rings. The standard InChI is InChI=1S/C12H18O2Si/c1-15(2,3)14-12(9-10-13)11-7-5-4-6-8-11/h4-8,10,12H,9H2,1-3H3. The fourth-order valence-electron chi connectivity index (χ4n) is 1.43. The fraction of sp³-hybridized carbons (Fsp3) is 0.417. The molecule has 0 amide bonds. The molecule has 1 atom stereocenters. The molecule has 2 nitrogen and oxygen atoms in total.